The van der Waals surface area contributed by atoms with Crippen LogP contribution in [0.25, 0.3) is 0 Å². The fraction of sp³-hybridized carbons (Fsp3) is 0.462. The lowest BCUT2D eigenvalue weighted by atomic mass is 10.1. The van der Waals surface area contributed by atoms with Gasteiger partial charge in [0, 0.05) is 25.2 Å². The maximum Gasteiger partial charge on any atom is 0.211 e. The molecule has 1 aromatic rings. The highest BCUT2D eigenvalue weighted by Gasteiger charge is 2.38. The zero-order valence-electron chi connectivity index (χ0n) is 10.1. The molecular weight excluding hydrogens is 230 g/mol. The molecule has 1 aromatic carbocycles. The average Bonchev–Trinajstić information content (AvgIpc) is 3.01. The van der Waals surface area contributed by atoms with Crippen LogP contribution in [0.2, 0.25) is 0 Å². The monoisotopic (exact) mass is 247 g/mol. The van der Waals surface area contributed by atoms with Gasteiger partial charge in [-0.05, 0) is 24.1 Å². The predicted molar refractivity (Wildman–Crippen MR) is 69.6 cm³/mol. The van der Waals surface area contributed by atoms with Crippen molar-refractivity contribution in [2.24, 2.45) is 0 Å². The Morgan fingerprint density at radius 3 is 3.06 bits per heavy atom. The van der Waals surface area contributed by atoms with Crippen LogP contribution in [0.4, 0.5) is 11.4 Å². The minimum Gasteiger partial charge on any atom is -0.392 e. The molecule has 2 heterocycles. The summed E-state index contributed by atoms with van der Waals surface area (Å²) in [5.41, 5.74) is 2.64. The summed E-state index contributed by atoms with van der Waals surface area (Å²) in [4.78, 5) is 13.0. The maximum atomic E-state index is 10.7. The van der Waals surface area contributed by atoms with Crippen LogP contribution in [0.5, 0.6) is 0 Å². The van der Waals surface area contributed by atoms with E-state index in [-0.39, 0.29) is 6.61 Å². The second-order valence-electron chi connectivity index (χ2n) is 4.92. The Bertz CT molecular complexity index is 464. The Morgan fingerprint density at radius 2 is 2.44 bits per heavy atom. The Balaban J connectivity index is 1.92. The average molecular weight is 247 g/mol. The first-order chi connectivity index (χ1) is 8.81. The van der Waals surface area contributed by atoms with E-state index < -0.39 is 0 Å². The fourth-order valence-corrected chi connectivity index (χ4v) is 2.97. The Kier molecular flexibility index (Phi) is 2.93. The van der Waals surface area contributed by atoms with Crippen molar-refractivity contribution in [1.29, 1.82) is 0 Å². The number of rotatable bonds is 4. The van der Waals surface area contributed by atoms with Crippen LogP contribution in [0.1, 0.15) is 12.0 Å². The second kappa shape index (κ2) is 4.59. The quantitative estimate of drug-likeness (QED) is 0.670. The lowest BCUT2D eigenvalue weighted by molar-refractivity contribution is -0.105. The number of carbonyl (C=O) groups excluding carboxylic acids is 1. The molecule has 2 atom stereocenters. The molecule has 2 bridgehead atoms. The predicted octanol–water partition coefficient (Wildman–Crippen LogP) is 0.298. The number of hydrogen-bond donors (Lipinski definition) is 3. The normalized spacial score (nSPS) is 25.5. The summed E-state index contributed by atoms with van der Waals surface area (Å²) >= 11 is 0. The topological polar surface area (TPSA) is 64.6 Å². The van der Waals surface area contributed by atoms with E-state index in [1.807, 2.05) is 18.2 Å². The van der Waals surface area contributed by atoms with Crippen LogP contribution in [-0.4, -0.2) is 36.7 Å². The molecule has 0 spiro atoms. The van der Waals surface area contributed by atoms with Crippen molar-refractivity contribution >= 4 is 17.8 Å². The molecule has 18 heavy (non-hydrogen) atoms. The second-order valence-corrected chi connectivity index (χ2v) is 4.92. The SMILES string of the molecule is O=CNc1cc(CO)ccc1N1CC2C[C@@H]1CN2. The molecule has 3 rings (SSSR count). The van der Waals surface area contributed by atoms with E-state index in [1.165, 1.54) is 6.42 Å². The van der Waals surface area contributed by atoms with E-state index in [4.69, 9.17) is 5.11 Å². The first kappa shape index (κ1) is 11.5. The molecule has 0 aromatic heterocycles. The molecule has 2 aliphatic heterocycles. The van der Waals surface area contributed by atoms with Crippen LogP contribution in [-0.2, 0) is 11.4 Å². The number of benzene rings is 1. The highest BCUT2D eigenvalue weighted by atomic mass is 16.3. The molecule has 1 unspecified atom stereocenters. The number of fused-ring (bicyclic) bond motifs is 2. The van der Waals surface area contributed by atoms with Crippen LogP contribution in [0.15, 0.2) is 18.2 Å². The first-order valence-electron chi connectivity index (χ1n) is 6.26. The van der Waals surface area contributed by atoms with Gasteiger partial charge in [0.1, 0.15) is 0 Å². The first-order valence-corrected chi connectivity index (χ1v) is 6.26. The van der Waals surface area contributed by atoms with Crippen molar-refractivity contribution in [3.05, 3.63) is 23.8 Å². The number of carbonyl (C=O) groups is 1. The zero-order chi connectivity index (χ0) is 12.5. The van der Waals surface area contributed by atoms with Gasteiger partial charge in [-0.3, -0.25) is 4.79 Å². The van der Waals surface area contributed by atoms with Crippen molar-refractivity contribution < 1.29 is 9.90 Å². The minimum absolute atomic E-state index is 0.0125. The lowest BCUT2D eigenvalue weighted by Crippen LogP contribution is -2.43. The van der Waals surface area contributed by atoms with E-state index in [0.717, 1.165) is 30.0 Å². The molecule has 0 radical (unpaired) electrons. The largest absolute Gasteiger partial charge is 0.392 e. The molecule has 0 saturated carbocycles. The Labute approximate surface area is 106 Å². The molecule has 2 saturated heterocycles. The number of aliphatic hydroxyl groups is 1. The maximum absolute atomic E-state index is 10.7. The summed E-state index contributed by atoms with van der Waals surface area (Å²) in [7, 11) is 0. The molecular formula is C13H17N3O2. The van der Waals surface area contributed by atoms with E-state index in [1.54, 1.807) is 0 Å². The third kappa shape index (κ3) is 1.85. The molecule has 1 amide bonds. The van der Waals surface area contributed by atoms with Crippen LogP contribution < -0.4 is 15.5 Å². The number of amides is 1. The number of hydrogen-bond acceptors (Lipinski definition) is 4. The third-order valence-electron chi connectivity index (χ3n) is 3.82. The van der Waals surface area contributed by atoms with E-state index in [2.05, 4.69) is 15.5 Å². The summed E-state index contributed by atoms with van der Waals surface area (Å²) < 4.78 is 0. The standard InChI is InChI=1S/C13H17N3O2/c17-7-9-1-2-13(12(3-9)15-8-18)16-6-10-4-11(16)5-14-10/h1-3,8,10-11,14,17H,4-7H2,(H,15,18)/t10?,11-/m1/s1. The molecule has 96 valence electrons. The van der Waals surface area contributed by atoms with Gasteiger partial charge in [0.05, 0.1) is 18.0 Å². The molecule has 5 heteroatoms. The van der Waals surface area contributed by atoms with Gasteiger partial charge in [-0.2, -0.15) is 0 Å². The highest BCUT2D eigenvalue weighted by molar-refractivity contribution is 5.82. The smallest absolute Gasteiger partial charge is 0.211 e. The Morgan fingerprint density at radius 1 is 1.56 bits per heavy atom. The molecule has 2 aliphatic rings. The van der Waals surface area contributed by atoms with Gasteiger partial charge in [0.2, 0.25) is 6.41 Å². The molecule has 0 aliphatic carbocycles. The zero-order valence-corrected chi connectivity index (χ0v) is 10.1. The van der Waals surface area contributed by atoms with E-state index in [9.17, 15) is 4.79 Å². The van der Waals surface area contributed by atoms with E-state index >= 15 is 0 Å². The van der Waals surface area contributed by atoms with Crippen LogP contribution >= 0.6 is 0 Å². The number of anilines is 2. The van der Waals surface area contributed by atoms with Crippen LogP contribution in [0.3, 0.4) is 0 Å². The number of aliphatic hydroxyl groups excluding tert-OH is 1. The third-order valence-corrected chi connectivity index (χ3v) is 3.82. The summed E-state index contributed by atoms with van der Waals surface area (Å²) in [6.07, 6.45) is 1.86. The van der Waals surface area contributed by atoms with Crippen molar-refractivity contribution in [3.63, 3.8) is 0 Å². The molecule has 3 N–H and O–H groups in total. The van der Waals surface area contributed by atoms with Gasteiger partial charge < -0.3 is 20.6 Å². The summed E-state index contributed by atoms with van der Waals surface area (Å²) in [6, 6.07) is 6.81. The highest BCUT2D eigenvalue weighted by Crippen LogP contribution is 2.34. The number of nitrogens with zero attached hydrogens (tertiary/aromatic N) is 1. The number of piperazine rings is 1. The lowest BCUT2D eigenvalue weighted by Gasteiger charge is -2.31. The molecule has 5 nitrogen and oxygen atoms in total. The van der Waals surface area contributed by atoms with Gasteiger partial charge in [0.15, 0.2) is 0 Å². The Hall–Kier alpha value is -1.59. The van der Waals surface area contributed by atoms with Gasteiger partial charge in [-0.15, -0.1) is 0 Å². The molecule has 2 fully saturated rings. The number of nitrogens with one attached hydrogen (secondary N) is 2. The summed E-state index contributed by atoms with van der Waals surface area (Å²) in [6.45, 7) is 1.98. The van der Waals surface area contributed by atoms with E-state index in [0.29, 0.717) is 18.5 Å². The summed E-state index contributed by atoms with van der Waals surface area (Å²) in [5, 5.41) is 15.3. The van der Waals surface area contributed by atoms with Gasteiger partial charge >= 0.3 is 0 Å². The van der Waals surface area contributed by atoms with Gasteiger partial charge in [-0.25, -0.2) is 0 Å². The van der Waals surface area contributed by atoms with Crippen molar-refractivity contribution in [1.82, 2.24) is 5.32 Å². The van der Waals surface area contributed by atoms with Crippen molar-refractivity contribution in [2.75, 3.05) is 23.3 Å². The summed E-state index contributed by atoms with van der Waals surface area (Å²) in [5.74, 6) is 0. The van der Waals surface area contributed by atoms with Crippen molar-refractivity contribution in [2.45, 2.75) is 25.1 Å². The van der Waals surface area contributed by atoms with Crippen LogP contribution in [0, 0.1) is 0 Å². The van der Waals surface area contributed by atoms with Gasteiger partial charge in [-0.1, -0.05) is 6.07 Å². The minimum atomic E-state index is -0.0125. The van der Waals surface area contributed by atoms with Crippen molar-refractivity contribution in [3.8, 4) is 0 Å². The van der Waals surface area contributed by atoms with Gasteiger partial charge in [0.25, 0.3) is 0 Å². The fourth-order valence-electron chi connectivity index (χ4n) is 2.97.